The average molecular weight is 375 g/mol. The maximum atomic E-state index is 6.22. The van der Waals surface area contributed by atoms with Gasteiger partial charge in [-0.1, -0.05) is 74.0 Å². The second kappa shape index (κ2) is 10.6. The van der Waals surface area contributed by atoms with E-state index in [1.54, 1.807) is 0 Å². The highest BCUT2D eigenvalue weighted by molar-refractivity contribution is 9.10. The largest absolute Gasteiger partial charge is 0.310 e. The van der Waals surface area contributed by atoms with E-state index in [4.69, 9.17) is 11.6 Å². The van der Waals surface area contributed by atoms with Gasteiger partial charge in [0.2, 0.25) is 0 Å². The number of unbranched alkanes of at least 4 members (excludes halogenated alkanes) is 1. The van der Waals surface area contributed by atoms with Gasteiger partial charge in [0.15, 0.2) is 0 Å². The highest BCUT2D eigenvalue weighted by Crippen LogP contribution is 2.30. The number of rotatable bonds is 10. The molecule has 1 rings (SSSR count). The van der Waals surface area contributed by atoms with Gasteiger partial charge in [0.1, 0.15) is 0 Å². The zero-order chi connectivity index (χ0) is 15.7. The van der Waals surface area contributed by atoms with Crippen molar-refractivity contribution in [2.24, 2.45) is 5.92 Å². The Kier molecular flexibility index (Phi) is 9.62. The lowest BCUT2D eigenvalue weighted by atomic mass is 9.89. The molecule has 0 saturated heterocycles. The summed E-state index contributed by atoms with van der Waals surface area (Å²) < 4.78 is 1.06. The molecule has 120 valence electrons. The molecular weight excluding hydrogens is 346 g/mol. The Morgan fingerprint density at radius 3 is 2.48 bits per heavy atom. The fourth-order valence-corrected chi connectivity index (χ4v) is 3.63. The van der Waals surface area contributed by atoms with Gasteiger partial charge in [-0.15, -0.1) is 0 Å². The van der Waals surface area contributed by atoms with Crippen LogP contribution in [0.3, 0.4) is 0 Å². The van der Waals surface area contributed by atoms with E-state index < -0.39 is 0 Å². The molecule has 0 aliphatic carbocycles. The Morgan fingerprint density at radius 1 is 1.14 bits per heavy atom. The first-order valence-corrected chi connectivity index (χ1v) is 9.47. The molecule has 1 N–H and O–H groups in total. The van der Waals surface area contributed by atoms with Gasteiger partial charge in [0.05, 0.1) is 0 Å². The molecule has 1 aromatic carbocycles. The lowest BCUT2D eigenvalue weighted by Crippen LogP contribution is -2.24. The number of halogens is 2. The predicted octanol–water partition coefficient (Wildman–Crippen LogP) is 6.75. The SMILES string of the molecule is CCCCC(CC)CC(NCCC)c1cc(Cl)cc(Br)c1. The van der Waals surface area contributed by atoms with Gasteiger partial charge in [-0.3, -0.25) is 0 Å². The van der Waals surface area contributed by atoms with Crippen LogP contribution < -0.4 is 5.32 Å². The molecule has 1 nitrogen and oxygen atoms in total. The third-order valence-electron chi connectivity index (χ3n) is 4.04. The summed E-state index contributed by atoms with van der Waals surface area (Å²) in [6, 6.07) is 6.66. The van der Waals surface area contributed by atoms with Crippen LogP contribution in [-0.4, -0.2) is 6.54 Å². The van der Waals surface area contributed by atoms with Crippen LogP contribution in [0.15, 0.2) is 22.7 Å². The van der Waals surface area contributed by atoms with Crippen LogP contribution in [0, 0.1) is 5.92 Å². The molecule has 21 heavy (non-hydrogen) atoms. The molecule has 0 heterocycles. The normalized spacial score (nSPS) is 14.1. The average Bonchev–Trinajstić information content (AvgIpc) is 2.45. The lowest BCUT2D eigenvalue weighted by Gasteiger charge is -2.25. The van der Waals surface area contributed by atoms with Gasteiger partial charge in [-0.25, -0.2) is 0 Å². The standard InChI is InChI=1S/C18H29BrClN/c1-4-7-8-14(6-3)10-18(21-9-5-2)15-11-16(19)13-17(20)12-15/h11-14,18,21H,4-10H2,1-3H3. The van der Waals surface area contributed by atoms with Crippen molar-refractivity contribution in [1.82, 2.24) is 5.32 Å². The molecule has 0 aromatic heterocycles. The smallest absolute Gasteiger partial charge is 0.0420 e. The third kappa shape index (κ3) is 7.17. The highest BCUT2D eigenvalue weighted by Gasteiger charge is 2.17. The van der Waals surface area contributed by atoms with Crippen molar-refractivity contribution in [3.8, 4) is 0 Å². The first-order chi connectivity index (χ1) is 10.1. The first kappa shape index (κ1) is 19.0. The molecule has 0 radical (unpaired) electrons. The fourth-order valence-electron chi connectivity index (χ4n) is 2.75. The molecular formula is C18H29BrClN. The monoisotopic (exact) mass is 373 g/mol. The molecule has 2 atom stereocenters. The van der Waals surface area contributed by atoms with Gasteiger partial charge in [-0.2, -0.15) is 0 Å². The molecule has 0 fully saturated rings. The lowest BCUT2D eigenvalue weighted by molar-refractivity contribution is 0.353. The minimum absolute atomic E-state index is 0.404. The summed E-state index contributed by atoms with van der Waals surface area (Å²) in [5, 5.41) is 4.51. The molecule has 0 amide bonds. The van der Waals surface area contributed by atoms with E-state index in [2.05, 4.69) is 54.2 Å². The van der Waals surface area contributed by atoms with Crippen LogP contribution in [-0.2, 0) is 0 Å². The minimum Gasteiger partial charge on any atom is -0.310 e. The van der Waals surface area contributed by atoms with Crippen LogP contribution in [0.2, 0.25) is 5.02 Å². The van der Waals surface area contributed by atoms with Gasteiger partial charge in [0.25, 0.3) is 0 Å². The summed E-state index contributed by atoms with van der Waals surface area (Å²) in [7, 11) is 0. The number of nitrogens with one attached hydrogen (secondary N) is 1. The van der Waals surface area contributed by atoms with Gasteiger partial charge >= 0.3 is 0 Å². The Hall–Kier alpha value is -0.0500. The molecule has 0 aliphatic heterocycles. The van der Waals surface area contributed by atoms with Crippen molar-refractivity contribution in [1.29, 1.82) is 0 Å². The van der Waals surface area contributed by atoms with Gasteiger partial charge < -0.3 is 5.32 Å². The maximum absolute atomic E-state index is 6.22. The first-order valence-electron chi connectivity index (χ1n) is 8.30. The quantitative estimate of drug-likeness (QED) is 0.477. The Labute approximate surface area is 144 Å². The predicted molar refractivity (Wildman–Crippen MR) is 98.1 cm³/mol. The number of hydrogen-bond acceptors (Lipinski definition) is 1. The van der Waals surface area contributed by atoms with Crippen molar-refractivity contribution in [3.63, 3.8) is 0 Å². The molecule has 1 aromatic rings. The van der Waals surface area contributed by atoms with Crippen molar-refractivity contribution < 1.29 is 0 Å². The van der Waals surface area contributed by atoms with E-state index in [1.165, 1.54) is 37.7 Å². The Balaban J connectivity index is 2.82. The second-order valence-corrected chi connectivity index (χ2v) is 7.21. The minimum atomic E-state index is 0.404. The zero-order valence-corrected chi connectivity index (χ0v) is 15.9. The summed E-state index contributed by atoms with van der Waals surface area (Å²) in [6.45, 7) is 7.85. The number of hydrogen-bond donors (Lipinski definition) is 1. The molecule has 0 bridgehead atoms. The van der Waals surface area contributed by atoms with E-state index in [-0.39, 0.29) is 0 Å². The van der Waals surface area contributed by atoms with Crippen molar-refractivity contribution in [2.45, 2.75) is 65.3 Å². The van der Waals surface area contributed by atoms with Crippen molar-refractivity contribution in [2.75, 3.05) is 6.54 Å². The third-order valence-corrected chi connectivity index (χ3v) is 4.72. The Morgan fingerprint density at radius 2 is 1.90 bits per heavy atom. The van der Waals surface area contributed by atoms with Crippen LogP contribution >= 0.6 is 27.5 Å². The fraction of sp³-hybridized carbons (Fsp3) is 0.667. The van der Waals surface area contributed by atoms with E-state index in [0.29, 0.717) is 6.04 Å². The van der Waals surface area contributed by atoms with Gasteiger partial charge in [0, 0.05) is 15.5 Å². The molecule has 0 aliphatic rings. The Bertz CT molecular complexity index is 388. The molecule has 3 heteroatoms. The molecule has 0 spiro atoms. The summed E-state index contributed by atoms with van der Waals surface area (Å²) >= 11 is 9.79. The van der Waals surface area contributed by atoms with E-state index in [9.17, 15) is 0 Å². The summed E-state index contributed by atoms with van der Waals surface area (Å²) in [5.74, 6) is 0.789. The van der Waals surface area contributed by atoms with Crippen LogP contribution in [0.25, 0.3) is 0 Å². The zero-order valence-electron chi connectivity index (χ0n) is 13.6. The van der Waals surface area contributed by atoms with Crippen molar-refractivity contribution in [3.05, 3.63) is 33.3 Å². The van der Waals surface area contributed by atoms with E-state index >= 15 is 0 Å². The van der Waals surface area contributed by atoms with Gasteiger partial charge in [-0.05, 0) is 49.1 Å². The summed E-state index contributed by atoms with van der Waals surface area (Å²) in [4.78, 5) is 0. The molecule has 0 saturated carbocycles. The van der Waals surface area contributed by atoms with Crippen LogP contribution in [0.5, 0.6) is 0 Å². The van der Waals surface area contributed by atoms with E-state index in [0.717, 1.165) is 28.4 Å². The maximum Gasteiger partial charge on any atom is 0.0420 e. The number of benzene rings is 1. The summed E-state index contributed by atoms with van der Waals surface area (Å²) in [5.41, 5.74) is 1.30. The van der Waals surface area contributed by atoms with Crippen LogP contribution in [0.1, 0.15) is 70.9 Å². The second-order valence-electron chi connectivity index (χ2n) is 5.86. The topological polar surface area (TPSA) is 12.0 Å². The van der Waals surface area contributed by atoms with Crippen molar-refractivity contribution >= 4 is 27.5 Å². The van der Waals surface area contributed by atoms with Crippen LogP contribution in [0.4, 0.5) is 0 Å². The van der Waals surface area contributed by atoms with E-state index in [1.807, 2.05) is 6.07 Å². The molecule has 2 unspecified atom stereocenters. The summed E-state index contributed by atoms with van der Waals surface area (Å²) in [6.07, 6.45) is 7.56. The highest BCUT2D eigenvalue weighted by atomic mass is 79.9.